The molecule has 0 N–H and O–H groups in total. The SMILES string of the molecule is Fc1c(CN2CCC(c3nnc4ccccn34)CC2)cccc1OC1CC1. The first-order valence-electron chi connectivity index (χ1n) is 9.74. The summed E-state index contributed by atoms with van der Waals surface area (Å²) in [5.74, 6) is 1.64. The summed E-state index contributed by atoms with van der Waals surface area (Å²) in [6, 6.07) is 11.5. The zero-order valence-electron chi connectivity index (χ0n) is 15.2. The van der Waals surface area contributed by atoms with Crippen LogP contribution in [0.4, 0.5) is 4.39 Å². The van der Waals surface area contributed by atoms with E-state index in [9.17, 15) is 4.39 Å². The zero-order valence-corrected chi connectivity index (χ0v) is 15.2. The summed E-state index contributed by atoms with van der Waals surface area (Å²) in [5.41, 5.74) is 1.61. The van der Waals surface area contributed by atoms with E-state index in [1.54, 1.807) is 6.07 Å². The van der Waals surface area contributed by atoms with Crippen molar-refractivity contribution < 1.29 is 9.13 Å². The van der Waals surface area contributed by atoms with Gasteiger partial charge in [0.1, 0.15) is 5.82 Å². The van der Waals surface area contributed by atoms with Gasteiger partial charge in [-0.3, -0.25) is 9.30 Å². The molecule has 1 aliphatic heterocycles. The van der Waals surface area contributed by atoms with Gasteiger partial charge in [0.15, 0.2) is 17.2 Å². The Morgan fingerprint density at radius 3 is 2.67 bits per heavy atom. The van der Waals surface area contributed by atoms with Crippen molar-refractivity contribution >= 4 is 5.65 Å². The first-order chi connectivity index (χ1) is 13.3. The molecule has 0 spiro atoms. The van der Waals surface area contributed by atoms with E-state index in [0.29, 0.717) is 18.2 Å². The molecule has 2 fully saturated rings. The van der Waals surface area contributed by atoms with Crippen LogP contribution in [0.1, 0.15) is 43.0 Å². The van der Waals surface area contributed by atoms with Gasteiger partial charge in [-0.2, -0.15) is 0 Å². The molecular weight excluding hydrogens is 343 g/mol. The lowest BCUT2D eigenvalue weighted by atomic mass is 9.95. The van der Waals surface area contributed by atoms with Crippen molar-refractivity contribution in [2.45, 2.75) is 44.2 Å². The van der Waals surface area contributed by atoms with Gasteiger partial charge in [-0.25, -0.2) is 4.39 Å². The summed E-state index contributed by atoms with van der Waals surface area (Å²) in [5, 5.41) is 8.67. The van der Waals surface area contributed by atoms with Crippen molar-refractivity contribution in [3.8, 4) is 5.75 Å². The molecule has 2 aromatic heterocycles. The fourth-order valence-electron chi connectivity index (χ4n) is 3.86. The van der Waals surface area contributed by atoms with Crippen LogP contribution >= 0.6 is 0 Å². The number of aromatic nitrogens is 3. The minimum Gasteiger partial charge on any atom is -0.487 e. The number of halogens is 1. The van der Waals surface area contributed by atoms with E-state index < -0.39 is 0 Å². The first kappa shape index (κ1) is 16.7. The molecule has 6 heteroatoms. The predicted octanol–water partition coefficient (Wildman–Crippen LogP) is 3.79. The molecule has 0 bridgehead atoms. The number of rotatable bonds is 5. The van der Waals surface area contributed by atoms with Gasteiger partial charge in [0.05, 0.1) is 6.10 Å². The number of ether oxygens (including phenoxy) is 1. The van der Waals surface area contributed by atoms with Gasteiger partial charge in [0.25, 0.3) is 0 Å². The van der Waals surface area contributed by atoms with Crippen LogP contribution in [0.25, 0.3) is 5.65 Å². The van der Waals surface area contributed by atoms with E-state index in [1.807, 2.05) is 36.5 Å². The Kier molecular flexibility index (Phi) is 4.28. The molecule has 0 amide bonds. The van der Waals surface area contributed by atoms with Crippen molar-refractivity contribution in [3.63, 3.8) is 0 Å². The quantitative estimate of drug-likeness (QED) is 0.689. The molecule has 1 saturated carbocycles. The molecule has 5 rings (SSSR count). The number of fused-ring (bicyclic) bond motifs is 1. The van der Waals surface area contributed by atoms with Gasteiger partial charge in [-0.15, -0.1) is 10.2 Å². The van der Waals surface area contributed by atoms with Crippen molar-refractivity contribution in [1.29, 1.82) is 0 Å². The van der Waals surface area contributed by atoms with E-state index in [2.05, 4.69) is 19.5 Å². The Hall–Kier alpha value is -2.47. The van der Waals surface area contributed by atoms with Crippen molar-refractivity contribution in [2.24, 2.45) is 0 Å². The number of benzene rings is 1. The van der Waals surface area contributed by atoms with Crippen LogP contribution in [0.3, 0.4) is 0 Å². The van der Waals surface area contributed by atoms with Crippen molar-refractivity contribution in [1.82, 2.24) is 19.5 Å². The van der Waals surface area contributed by atoms with E-state index in [4.69, 9.17) is 4.74 Å². The second-order valence-corrected chi connectivity index (χ2v) is 7.58. The van der Waals surface area contributed by atoms with Crippen molar-refractivity contribution in [3.05, 3.63) is 59.8 Å². The van der Waals surface area contributed by atoms with Crippen molar-refractivity contribution in [2.75, 3.05) is 13.1 Å². The molecule has 5 nitrogen and oxygen atoms in total. The van der Waals surface area contributed by atoms with E-state index >= 15 is 0 Å². The fraction of sp³-hybridized carbons (Fsp3) is 0.429. The molecule has 1 saturated heterocycles. The van der Waals surface area contributed by atoms with Gasteiger partial charge in [0, 0.05) is 24.2 Å². The monoisotopic (exact) mass is 366 g/mol. The van der Waals surface area contributed by atoms with E-state index in [0.717, 1.165) is 55.8 Å². The number of pyridine rings is 1. The lowest BCUT2D eigenvalue weighted by molar-refractivity contribution is 0.198. The zero-order chi connectivity index (χ0) is 18.2. The molecule has 1 aromatic carbocycles. The Balaban J connectivity index is 1.24. The van der Waals surface area contributed by atoms with E-state index in [-0.39, 0.29) is 11.9 Å². The summed E-state index contributed by atoms with van der Waals surface area (Å²) in [6.07, 6.45) is 6.33. The van der Waals surface area contributed by atoms with Crippen LogP contribution in [0.15, 0.2) is 42.6 Å². The van der Waals surface area contributed by atoms with Crippen LogP contribution in [-0.4, -0.2) is 38.7 Å². The third kappa shape index (κ3) is 3.41. The van der Waals surface area contributed by atoms with Gasteiger partial charge >= 0.3 is 0 Å². The Bertz CT molecular complexity index is 944. The second kappa shape index (κ2) is 6.93. The topological polar surface area (TPSA) is 42.7 Å². The molecule has 2 aliphatic rings. The van der Waals surface area contributed by atoms with E-state index in [1.165, 1.54) is 0 Å². The van der Waals surface area contributed by atoms with Gasteiger partial charge in [-0.05, 0) is 57.0 Å². The molecule has 27 heavy (non-hydrogen) atoms. The Labute approximate surface area is 157 Å². The average Bonchev–Trinajstić information content (AvgIpc) is 3.41. The minimum atomic E-state index is -0.199. The molecule has 1 aliphatic carbocycles. The summed E-state index contributed by atoms with van der Waals surface area (Å²) in [4.78, 5) is 2.32. The normalized spacial score (nSPS) is 18.9. The van der Waals surface area contributed by atoms with Gasteiger partial charge < -0.3 is 4.74 Å². The molecule has 0 atom stereocenters. The predicted molar refractivity (Wildman–Crippen MR) is 100 cm³/mol. The number of hydrogen-bond donors (Lipinski definition) is 0. The standard InChI is InChI=1S/C21H23FN4O/c22-20-16(4-3-5-18(20)27-17-7-8-17)14-25-12-9-15(10-13-25)21-24-23-19-6-1-2-11-26(19)21/h1-6,11,15,17H,7-10,12-14H2. The Morgan fingerprint density at radius 2 is 1.85 bits per heavy atom. The van der Waals surface area contributed by atoms with Crippen LogP contribution in [0.5, 0.6) is 5.75 Å². The maximum Gasteiger partial charge on any atom is 0.169 e. The Morgan fingerprint density at radius 1 is 1.00 bits per heavy atom. The fourth-order valence-corrected chi connectivity index (χ4v) is 3.86. The molecular formula is C21H23FN4O. The second-order valence-electron chi connectivity index (χ2n) is 7.58. The highest BCUT2D eigenvalue weighted by molar-refractivity contribution is 5.37. The number of nitrogens with zero attached hydrogens (tertiary/aromatic N) is 4. The molecule has 3 heterocycles. The highest BCUT2D eigenvalue weighted by Gasteiger charge is 2.27. The maximum absolute atomic E-state index is 14.7. The maximum atomic E-state index is 14.7. The number of likely N-dealkylation sites (tertiary alicyclic amines) is 1. The van der Waals surface area contributed by atoms with Crippen LogP contribution in [-0.2, 0) is 6.54 Å². The van der Waals surface area contributed by atoms with Crippen LogP contribution in [0.2, 0.25) is 0 Å². The lowest BCUT2D eigenvalue weighted by Crippen LogP contribution is -2.33. The van der Waals surface area contributed by atoms with Crippen LogP contribution in [0, 0.1) is 5.82 Å². The van der Waals surface area contributed by atoms with Gasteiger partial charge in [0.2, 0.25) is 0 Å². The largest absolute Gasteiger partial charge is 0.487 e. The molecule has 140 valence electrons. The third-order valence-corrected chi connectivity index (χ3v) is 5.55. The molecule has 3 aromatic rings. The smallest absolute Gasteiger partial charge is 0.169 e. The highest BCUT2D eigenvalue weighted by atomic mass is 19.1. The number of hydrogen-bond acceptors (Lipinski definition) is 4. The average molecular weight is 366 g/mol. The summed E-state index contributed by atoms with van der Waals surface area (Å²) < 4.78 is 22.5. The molecule has 0 unspecified atom stereocenters. The lowest BCUT2D eigenvalue weighted by Gasteiger charge is -2.31. The highest BCUT2D eigenvalue weighted by Crippen LogP contribution is 2.31. The van der Waals surface area contributed by atoms with Crippen LogP contribution < -0.4 is 4.74 Å². The third-order valence-electron chi connectivity index (χ3n) is 5.55. The molecule has 0 radical (unpaired) electrons. The summed E-state index contributed by atoms with van der Waals surface area (Å²) >= 11 is 0. The minimum absolute atomic E-state index is 0.199. The summed E-state index contributed by atoms with van der Waals surface area (Å²) in [6.45, 7) is 2.49. The number of piperidine rings is 1. The van der Waals surface area contributed by atoms with Gasteiger partial charge in [-0.1, -0.05) is 18.2 Å². The first-order valence-corrected chi connectivity index (χ1v) is 9.74. The summed E-state index contributed by atoms with van der Waals surface area (Å²) in [7, 11) is 0.